The summed E-state index contributed by atoms with van der Waals surface area (Å²) in [4.78, 5) is 53.1. The van der Waals surface area contributed by atoms with Gasteiger partial charge in [-0.15, -0.1) is 0 Å². The van der Waals surface area contributed by atoms with E-state index >= 15 is 0 Å². The molecule has 1 aromatic rings. The Morgan fingerprint density at radius 3 is 2.23 bits per heavy atom. The number of ketones is 1. The molecule has 1 unspecified atom stereocenters. The van der Waals surface area contributed by atoms with Gasteiger partial charge in [0, 0.05) is 24.3 Å². The van der Waals surface area contributed by atoms with Gasteiger partial charge in [0.25, 0.3) is 0 Å². The number of allylic oxidation sites excluding steroid dienone is 1. The van der Waals surface area contributed by atoms with Crippen LogP contribution in [0.1, 0.15) is 72.2 Å². The number of ether oxygens (including phenoxy) is 4. The van der Waals surface area contributed by atoms with Crippen molar-refractivity contribution in [2.45, 2.75) is 97.4 Å². The fourth-order valence-electron chi connectivity index (χ4n) is 7.79. The van der Waals surface area contributed by atoms with Gasteiger partial charge in [0.1, 0.15) is 24.4 Å². The Labute approximate surface area is 252 Å². The summed E-state index contributed by atoms with van der Waals surface area (Å²) in [6.45, 7) is 13.9. The number of carbonyl (C=O) groups is 4. The van der Waals surface area contributed by atoms with Crippen LogP contribution in [0.2, 0.25) is 0 Å². The number of carbonyl (C=O) groups excluding carboxylic acids is 4. The smallest absolute Gasteiger partial charge is 0.338 e. The van der Waals surface area contributed by atoms with Gasteiger partial charge in [0.2, 0.25) is 0 Å². The standard InChI is InChI=1S/C34H42O9/c1-9-17(2)30(38)41-27-24-23(32(24,7)8)26(40-21(6)35)20(5)28(37)33-16-19(4)29(34(33,43-33)15-18(3)25(27)36)42-31(39)22-13-11-10-12-14-22/h9-15,19-20,23-27,29,36H,16H2,1-8H3/b17-9+,18-15+/t19-,20-,23+,24-,25-,26-,27?,29+,33+,34+/m1/s1. The van der Waals surface area contributed by atoms with Crippen LogP contribution in [0.5, 0.6) is 0 Å². The Kier molecular flexibility index (Phi) is 7.75. The van der Waals surface area contributed by atoms with Crippen molar-refractivity contribution in [3.8, 4) is 0 Å². The number of esters is 3. The fraction of sp³-hybridized carbons (Fsp3) is 0.588. The van der Waals surface area contributed by atoms with Crippen LogP contribution in [-0.2, 0) is 33.3 Å². The molecule has 0 aromatic heterocycles. The topological polar surface area (TPSA) is 129 Å². The Morgan fingerprint density at radius 2 is 1.63 bits per heavy atom. The molecule has 3 aliphatic carbocycles. The molecule has 1 saturated heterocycles. The summed E-state index contributed by atoms with van der Waals surface area (Å²) in [5, 5.41) is 11.8. The number of aliphatic hydroxyl groups is 1. The number of fused-ring (bicyclic) bond motifs is 1. The number of Topliss-reactive ketones (excluding diaryl/α,β-unsaturated/α-hetero) is 1. The summed E-state index contributed by atoms with van der Waals surface area (Å²) in [5.74, 6) is -3.73. The van der Waals surface area contributed by atoms with E-state index in [1.165, 1.54) is 6.92 Å². The quantitative estimate of drug-likeness (QED) is 0.174. The molecule has 1 aromatic carbocycles. The summed E-state index contributed by atoms with van der Waals surface area (Å²) in [7, 11) is 0. The first-order chi connectivity index (χ1) is 20.1. The van der Waals surface area contributed by atoms with Gasteiger partial charge in [-0.1, -0.05) is 52.0 Å². The van der Waals surface area contributed by atoms with Crippen LogP contribution in [0, 0.1) is 29.1 Å². The third kappa shape index (κ3) is 4.85. The van der Waals surface area contributed by atoms with E-state index < -0.39 is 70.8 Å². The van der Waals surface area contributed by atoms with Crippen molar-refractivity contribution in [1.82, 2.24) is 0 Å². The highest BCUT2D eigenvalue weighted by Gasteiger charge is 2.84. The van der Waals surface area contributed by atoms with Gasteiger partial charge in [-0.2, -0.15) is 0 Å². The number of rotatable bonds is 5. The van der Waals surface area contributed by atoms with E-state index in [0.29, 0.717) is 16.7 Å². The van der Waals surface area contributed by atoms with Crippen LogP contribution in [0.3, 0.4) is 0 Å². The molecule has 0 radical (unpaired) electrons. The summed E-state index contributed by atoms with van der Waals surface area (Å²) in [6, 6.07) is 8.58. The second kappa shape index (κ2) is 10.7. The molecular formula is C34H42O9. The average Bonchev–Trinajstić information content (AvgIpc) is 3.76. The largest absolute Gasteiger partial charge is 0.461 e. The first-order valence-corrected chi connectivity index (χ1v) is 15.0. The molecule has 0 spiro atoms. The molecule has 5 rings (SSSR count). The average molecular weight is 595 g/mol. The molecular weight excluding hydrogens is 552 g/mol. The maximum atomic E-state index is 14.5. The maximum absolute atomic E-state index is 14.5. The van der Waals surface area contributed by atoms with Gasteiger partial charge in [0.15, 0.2) is 17.0 Å². The molecule has 10 atom stereocenters. The van der Waals surface area contributed by atoms with E-state index in [0.717, 1.165) is 0 Å². The molecule has 43 heavy (non-hydrogen) atoms. The van der Waals surface area contributed by atoms with Crippen LogP contribution in [0.25, 0.3) is 0 Å². The molecule has 0 amide bonds. The Balaban J connectivity index is 1.62. The van der Waals surface area contributed by atoms with Crippen molar-refractivity contribution >= 4 is 23.7 Å². The summed E-state index contributed by atoms with van der Waals surface area (Å²) in [6.07, 6.45) is -0.327. The van der Waals surface area contributed by atoms with E-state index in [4.69, 9.17) is 18.9 Å². The van der Waals surface area contributed by atoms with Crippen molar-refractivity contribution in [1.29, 1.82) is 0 Å². The van der Waals surface area contributed by atoms with Gasteiger partial charge in [-0.3, -0.25) is 9.59 Å². The molecule has 3 fully saturated rings. The van der Waals surface area contributed by atoms with E-state index in [1.54, 1.807) is 70.2 Å². The van der Waals surface area contributed by atoms with Gasteiger partial charge in [-0.25, -0.2) is 9.59 Å². The second-order valence-electron chi connectivity index (χ2n) is 13.4. The van der Waals surface area contributed by atoms with E-state index in [2.05, 4.69) is 0 Å². The minimum absolute atomic E-state index is 0.246. The SMILES string of the molecule is C/C=C(\C)C(=O)OC1[C@H](O)/C(C)=C/[C@@]23O[C@@]2(C[C@@H](C)[C@@H]3OC(=O)c2ccccc2)C(=O)[C@H](C)[C@@H](OC(C)=O)[C@@H]2[C@H]1C2(C)C. The lowest BCUT2D eigenvalue weighted by Gasteiger charge is -2.28. The molecule has 0 bridgehead atoms. The number of epoxide rings is 1. The molecule has 1 N–H and O–H groups in total. The van der Waals surface area contributed by atoms with Gasteiger partial charge < -0.3 is 24.1 Å². The monoisotopic (exact) mass is 594 g/mol. The molecule has 1 aliphatic heterocycles. The molecule has 4 aliphatic rings. The molecule has 232 valence electrons. The minimum Gasteiger partial charge on any atom is -0.461 e. The highest BCUT2D eigenvalue weighted by molar-refractivity contribution is 5.96. The van der Waals surface area contributed by atoms with Crippen molar-refractivity contribution < 1.29 is 43.2 Å². The van der Waals surface area contributed by atoms with Crippen molar-refractivity contribution in [3.63, 3.8) is 0 Å². The number of hydrogen-bond donors (Lipinski definition) is 1. The molecule has 9 nitrogen and oxygen atoms in total. The Hall–Kier alpha value is -3.30. The van der Waals surface area contributed by atoms with Crippen molar-refractivity contribution in [2.24, 2.45) is 29.1 Å². The third-order valence-corrected chi connectivity index (χ3v) is 10.3. The highest BCUT2D eigenvalue weighted by Crippen LogP contribution is 2.68. The first kappa shape index (κ1) is 31.1. The van der Waals surface area contributed by atoms with Gasteiger partial charge >= 0.3 is 17.9 Å². The zero-order valence-corrected chi connectivity index (χ0v) is 26.1. The van der Waals surface area contributed by atoms with Crippen LogP contribution in [-0.4, -0.2) is 64.4 Å². The van der Waals surface area contributed by atoms with Gasteiger partial charge in [-0.05, 0) is 62.3 Å². The maximum Gasteiger partial charge on any atom is 0.338 e. The zero-order chi connectivity index (χ0) is 31.6. The highest BCUT2D eigenvalue weighted by atomic mass is 16.7. The van der Waals surface area contributed by atoms with Crippen LogP contribution < -0.4 is 0 Å². The number of hydrogen-bond acceptors (Lipinski definition) is 9. The molecule has 9 heteroatoms. The fourth-order valence-corrected chi connectivity index (χ4v) is 7.79. The van der Waals surface area contributed by atoms with Crippen LogP contribution in [0.15, 0.2) is 53.6 Å². The van der Waals surface area contributed by atoms with Crippen LogP contribution in [0.4, 0.5) is 0 Å². The van der Waals surface area contributed by atoms with Crippen molar-refractivity contribution in [3.05, 3.63) is 59.2 Å². The van der Waals surface area contributed by atoms with Gasteiger partial charge in [0.05, 0.1) is 11.5 Å². The normalized spacial score (nSPS) is 40.8. The number of benzene rings is 1. The predicted molar refractivity (Wildman–Crippen MR) is 156 cm³/mol. The van der Waals surface area contributed by atoms with Crippen LogP contribution >= 0.6 is 0 Å². The van der Waals surface area contributed by atoms with E-state index in [9.17, 15) is 24.3 Å². The lowest BCUT2D eigenvalue weighted by Crippen LogP contribution is -2.43. The van der Waals surface area contributed by atoms with Crippen molar-refractivity contribution in [2.75, 3.05) is 0 Å². The second-order valence-corrected chi connectivity index (χ2v) is 13.4. The van der Waals surface area contributed by atoms with E-state index in [1.807, 2.05) is 20.8 Å². The summed E-state index contributed by atoms with van der Waals surface area (Å²) in [5.41, 5.74) is -2.02. The molecule has 2 saturated carbocycles. The predicted octanol–water partition coefficient (Wildman–Crippen LogP) is 4.37. The summed E-state index contributed by atoms with van der Waals surface area (Å²) < 4.78 is 24.3. The Bertz CT molecular complexity index is 1390. The van der Waals surface area contributed by atoms with E-state index in [-0.39, 0.29) is 24.0 Å². The minimum atomic E-state index is -1.34. The summed E-state index contributed by atoms with van der Waals surface area (Å²) >= 11 is 0. The number of aliphatic hydroxyl groups excluding tert-OH is 1. The Morgan fingerprint density at radius 1 is 1.00 bits per heavy atom. The lowest BCUT2D eigenvalue weighted by atomic mass is 9.80. The first-order valence-electron chi connectivity index (χ1n) is 15.0. The molecule has 1 heterocycles. The third-order valence-electron chi connectivity index (χ3n) is 10.3. The lowest BCUT2D eigenvalue weighted by molar-refractivity contribution is -0.157. The zero-order valence-electron chi connectivity index (χ0n) is 26.1.